The number of fused-ring (bicyclic) bond motifs is 1. The van der Waals surface area contributed by atoms with Crippen LogP contribution in [0.1, 0.15) is 5.69 Å². The molecule has 0 radical (unpaired) electrons. The lowest BCUT2D eigenvalue weighted by Crippen LogP contribution is -2.50. The van der Waals surface area contributed by atoms with Gasteiger partial charge in [0.15, 0.2) is 0 Å². The number of para-hydroxylation sites is 1. The average molecular weight is 303 g/mol. The summed E-state index contributed by atoms with van der Waals surface area (Å²) < 4.78 is 10.6. The van der Waals surface area contributed by atoms with Crippen LogP contribution < -0.4 is 5.32 Å². The van der Waals surface area contributed by atoms with Crippen molar-refractivity contribution in [3.8, 4) is 0 Å². The Balaban J connectivity index is 1.55. The van der Waals surface area contributed by atoms with Crippen LogP contribution in [0.5, 0.6) is 0 Å². The van der Waals surface area contributed by atoms with Crippen molar-refractivity contribution in [2.24, 2.45) is 0 Å². The van der Waals surface area contributed by atoms with E-state index in [1.807, 2.05) is 18.2 Å². The van der Waals surface area contributed by atoms with E-state index < -0.39 is 0 Å². The molecule has 1 atom stereocenters. The van der Waals surface area contributed by atoms with E-state index in [0.29, 0.717) is 32.8 Å². The summed E-state index contributed by atoms with van der Waals surface area (Å²) in [5.41, 5.74) is 2.08. The van der Waals surface area contributed by atoms with Gasteiger partial charge in [-0.15, -0.1) is 0 Å². The van der Waals surface area contributed by atoms with Crippen molar-refractivity contribution >= 4 is 16.9 Å². The fraction of sp³-hybridized carbons (Fsp3) is 0.438. The number of carbonyl (C=O) groups excluding carboxylic acids is 1. The number of rotatable bonds is 4. The van der Waals surface area contributed by atoms with Gasteiger partial charge in [-0.2, -0.15) is 0 Å². The van der Waals surface area contributed by atoms with Gasteiger partial charge < -0.3 is 24.7 Å². The molecule has 1 aliphatic rings. The van der Waals surface area contributed by atoms with Crippen molar-refractivity contribution in [2.45, 2.75) is 12.6 Å². The van der Waals surface area contributed by atoms with Crippen molar-refractivity contribution in [1.82, 2.24) is 15.2 Å². The topological polar surface area (TPSA) is 66.6 Å². The first-order valence-electron chi connectivity index (χ1n) is 7.46. The number of amides is 2. The number of carbonyl (C=O) groups is 1. The third-order valence-electron chi connectivity index (χ3n) is 3.79. The Morgan fingerprint density at radius 3 is 3.18 bits per heavy atom. The minimum absolute atomic E-state index is 0.0439. The largest absolute Gasteiger partial charge is 0.382 e. The van der Waals surface area contributed by atoms with Crippen molar-refractivity contribution < 1.29 is 14.3 Å². The van der Waals surface area contributed by atoms with Crippen molar-refractivity contribution in [3.05, 3.63) is 36.0 Å². The van der Waals surface area contributed by atoms with Crippen LogP contribution in [0.4, 0.5) is 4.79 Å². The fourth-order valence-corrected chi connectivity index (χ4v) is 2.70. The molecular weight excluding hydrogens is 282 g/mol. The summed E-state index contributed by atoms with van der Waals surface area (Å²) in [6, 6.07) is 10.1. The van der Waals surface area contributed by atoms with Crippen LogP contribution in [-0.4, -0.2) is 55.4 Å². The molecule has 2 N–H and O–H groups in total. The van der Waals surface area contributed by atoms with E-state index in [0.717, 1.165) is 16.6 Å². The number of hydrogen-bond acceptors (Lipinski definition) is 3. The van der Waals surface area contributed by atoms with Crippen LogP contribution in [0.3, 0.4) is 0 Å². The summed E-state index contributed by atoms with van der Waals surface area (Å²) in [4.78, 5) is 17.3. The molecule has 22 heavy (non-hydrogen) atoms. The van der Waals surface area contributed by atoms with E-state index in [4.69, 9.17) is 9.47 Å². The normalized spacial score (nSPS) is 18.6. The monoisotopic (exact) mass is 303 g/mol. The maximum Gasteiger partial charge on any atom is 0.317 e. The number of nitrogens with one attached hydrogen (secondary N) is 2. The number of aromatic amines is 1. The van der Waals surface area contributed by atoms with Crippen LogP contribution in [0.2, 0.25) is 0 Å². The Labute approximate surface area is 129 Å². The summed E-state index contributed by atoms with van der Waals surface area (Å²) in [6.07, 6.45) is -0.0439. The Morgan fingerprint density at radius 2 is 2.36 bits per heavy atom. The molecule has 1 fully saturated rings. The van der Waals surface area contributed by atoms with Gasteiger partial charge in [0, 0.05) is 24.9 Å². The second kappa shape index (κ2) is 6.81. The minimum Gasteiger partial charge on any atom is -0.382 e. The fourth-order valence-electron chi connectivity index (χ4n) is 2.70. The molecule has 3 rings (SSSR count). The van der Waals surface area contributed by atoms with Gasteiger partial charge in [0.05, 0.1) is 32.4 Å². The Bertz CT molecular complexity index is 605. The SMILES string of the molecule is COC[C@@H]1CN(C(=O)NCc2cc3ccccc3[nH]2)CCO1. The first kappa shape index (κ1) is 14.9. The standard InChI is InChI=1S/C16H21N3O3/c1-21-11-14-10-19(6-7-22-14)16(20)17-9-13-8-12-4-2-3-5-15(12)18-13/h2-5,8,14,18H,6-7,9-11H2,1H3,(H,17,20)/t14-/m0/s1. The van der Waals surface area contributed by atoms with E-state index in [9.17, 15) is 4.79 Å². The van der Waals surface area contributed by atoms with Crippen LogP contribution in [0, 0.1) is 0 Å². The highest BCUT2D eigenvalue weighted by atomic mass is 16.5. The molecule has 0 saturated carbocycles. The Hall–Kier alpha value is -2.05. The molecular formula is C16H21N3O3. The molecule has 2 amide bonds. The zero-order valence-corrected chi connectivity index (χ0v) is 12.7. The molecule has 1 aromatic heterocycles. The number of urea groups is 1. The number of benzene rings is 1. The lowest BCUT2D eigenvalue weighted by Gasteiger charge is -2.32. The minimum atomic E-state index is -0.0666. The van der Waals surface area contributed by atoms with Gasteiger partial charge in [0.1, 0.15) is 0 Å². The van der Waals surface area contributed by atoms with Gasteiger partial charge in [0.2, 0.25) is 0 Å². The molecule has 0 spiro atoms. The first-order chi connectivity index (χ1) is 10.8. The van der Waals surface area contributed by atoms with E-state index in [2.05, 4.69) is 22.4 Å². The predicted octanol–water partition coefficient (Wildman–Crippen LogP) is 1.72. The lowest BCUT2D eigenvalue weighted by molar-refractivity contribution is -0.0494. The quantitative estimate of drug-likeness (QED) is 0.904. The highest BCUT2D eigenvalue weighted by molar-refractivity contribution is 5.80. The van der Waals surface area contributed by atoms with E-state index >= 15 is 0 Å². The molecule has 2 heterocycles. The molecule has 0 aliphatic carbocycles. The highest BCUT2D eigenvalue weighted by Gasteiger charge is 2.23. The van der Waals surface area contributed by atoms with Gasteiger partial charge in [-0.1, -0.05) is 18.2 Å². The number of ether oxygens (including phenoxy) is 2. The third kappa shape index (κ3) is 3.40. The molecule has 1 aromatic carbocycles. The van der Waals surface area contributed by atoms with Crippen LogP contribution >= 0.6 is 0 Å². The third-order valence-corrected chi connectivity index (χ3v) is 3.79. The van der Waals surface area contributed by atoms with Crippen molar-refractivity contribution in [1.29, 1.82) is 0 Å². The van der Waals surface area contributed by atoms with E-state index in [-0.39, 0.29) is 12.1 Å². The van der Waals surface area contributed by atoms with Gasteiger partial charge >= 0.3 is 6.03 Å². The zero-order chi connectivity index (χ0) is 15.4. The number of methoxy groups -OCH3 is 1. The second-order valence-corrected chi connectivity index (χ2v) is 5.43. The van der Waals surface area contributed by atoms with Crippen LogP contribution in [0.25, 0.3) is 10.9 Å². The van der Waals surface area contributed by atoms with Crippen LogP contribution in [0.15, 0.2) is 30.3 Å². The Kier molecular flexibility index (Phi) is 4.60. The molecule has 0 bridgehead atoms. The molecule has 2 aromatic rings. The molecule has 6 heteroatoms. The summed E-state index contributed by atoms with van der Waals surface area (Å²) in [7, 11) is 1.64. The Morgan fingerprint density at radius 1 is 1.50 bits per heavy atom. The van der Waals surface area contributed by atoms with E-state index in [1.165, 1.54) is 0 Å². The maximum atomic E-state index is 12.2. The number of morpholine rings is 1. The molecule has 118 valence electrons. The van der Waals surface area contributed by atoms with Crippen molar-refractivity contribution in [3.63, 3.8) is 0 Å². The molecule has 0 unspecified atom stereocenters. The summed E-state index contributed by atoms with van der Waals surface area (Å²) in [6.45, 7) is 2.71. The molecule has 1 aliphatic heterocycles. The molecule has 6 nitrogen and oxygen atoms in total. The van der Waals surface area contributed by atoms with Gasteiger partial charge in [-0.25, -0.2) is 4.79 Å². The number of hydrogen-bond donors (Lipinski definition) is 2. The average Bonchev–Trinajstić information content (AvgIpc) is 2.96. The highest BCUT2D eigenvalue weighted by Crippen LogP contribution is 2.14. The maximum absolute atomic E-state index is 12.2. The lowest BCUT2D eigenvalue weighted by atomic mass is 10.2. The number of aromatic nitrogens is 1. The van der Waals surface area contributed by atoms with Gasteiger partial charge in [0.25, 0.3) is 0 Å². The van der Waals surface area contributed by atoms with Crippen molar-refractivity contribution in [2.75, 3.05) is 33.4 Å². The number of H-pyrrole nitrogens is 1. The molecule has 1 saturated heterocycles. The predicted molar refractivity (Wildman–Crippen MR) is 83.7 cm³/mol. The smallest absolute Gasteiger partial charge is 0.317 e. The summed E-state index contributed by atoms with van der Waals surface area (Å²) >= 11 is 0. The number of nitrogens with zero attached hydrogens (tertiary/aromatic N) is 1. The van der Waals surface area contributed by atoms with Gasteiger partial charge in [-0.3, -0.25) is 0 Å². The van der Waals surface area contributed by atoms with Gasteiger partial charge in [-0.05, 0) is 17.5 Å². The van der Waals surface area contributed by atoms with Crippen LogP contribution in [-0.2, 0) is 16.0 Å². The second-order valence-electron chi connectivity index (χ2n) is 5.43. The summed E-state index contributed by atoms with van der Waals surface area (Å²) in [5, 5.41) is 4.10. The van der Waals surface area contributed by atoms with E-state index in [1.54, 1.807) is 12.0 Å². The zero-order valence-electron chi connectivity index (χ0n) is 12.7. The summed E-state index contributed by atoms with van der Waals surface area (Å²) in [5.74, 6) is 0. The first-order valence-corrected chi connectivity index (χ1v) is 7.46.